The van der Waals surface area contributed by atoms with Crippen molar-refractivity contribution in [1.29, 1.82) is 0 Å². The summed E-state index contributed by atoms with van der Waals surface area (Å²) in [5.74, 6) is -2.30. The zero-order chi connectivity index (χ0) is 26.3. The van der Waals surface area contributed by atoms with Gasteiger partial charge in [-0.15, -0.1) is 0 Å². The first-order valence-corrected chi connectivity index (χ1v) is 11.2. The lowest BCUT2D eigenvalue weighted by molar-refractivity contribution is -0.158. The highest BCUT2D eigenvalue weighted by Gasteiger charge is 2.26. The predicted octanol–water partition coefficient (Wildman–Crippen LogP) is 2.48. The molecule has 0 aromatic heterocycles. The van der Waals surface area contributed by atoms with E-state index in [-0.39, 0.29) is 25.7 Å². The van der Waals surface area contributed by atoms with Crippen LogP contribution in [0, 0.1) is 0 Å². The molecule has 1 unspecified atom stereocenters. The Kier molecular flexibility index (Phi) is 12.8. The number of hydrogen-bond acceptors (Lipinski definition) is 7. The average molecular weight is 495 g/mol. The Morgan fingerprint density at radius 1 is 0.971 bits per heavy atom. The minimum Gasteiger partial charge on any atom is -0.479 e. The maximum absolute atomic E-state index is 12.1. The average Bonchev–Trinajstić information content (AvgIpc) is 2.74. The van der Waals surface area contributed by atoms with Crippen molar-refractivity contribution in [2.75, 3.05) is 13.1 Å². The van der Waals surface area contributed by atoms with Gasteiger partial charge < -0.3 is 25.0 Å². The van der Waals surface area contributed by atoms with Crippen LogP contribution in [0.5, 0.6) is 0 Å². The van der Waals surface area contributed by atoms with Gasteiger partial charge in [-0.3, -0.25) is 20.4 Å². The molecule has 1 atom stereocenters. The van der Waals surface area contributed by atoms with E-state index in [9.17, 15) is 24.3 Å². The summed E-state index contributed by atoms with van der Waals surface area (Å²) in [6.45, 7) is 5.58. The molecule has 0 aliphatic carbocycles. The number of nitrogens with one attached hydrogen (secondary N) is 3. The van der Waals surface area contributed by atoms with Crippen LogP contribution in [0.1, 0.15) is 52.0 Å². The van der Waals surface area contributed by atoms with Crippen molar-refractivity contribution >= 4 is 30.0 Å². The summed E-state index contributed by atoms with van der Waals surface area (Å²) in [5, 5.41) is 25.0. The number of carboxylic acids is 1. The number of unbranched alkanes of at least 4 members (excludes halogenated alkanes) is 3. The van der Waals surface area contributed by atoms with E-state index in [1.165, 1.54) is 0 Å². The second kappa shape index (κ2) is 15.3. The normalized spacial score (nSPS) is 12.4. The second-order valence-electron chi connectivity index (χ2n) is 8.51. The minimum atomic E-state index is -1.60. The lowest BCUT2D eigenvalue weighted by atomic mass is 10.2. The van der Waals surface area contributed by atoms with Crippen LogP contribution in [-0.4, -0.2) is 65.0 Å². The molecule has 5 N–H and O–H groups in total. The molecule has 0 heterocycles. The molecule has 0 aliphatic heterocycles. The van der Waals surface area contributed by atoms with E-state index < -0.39 is 35.8 Å². The van der Waals surface area contributed by atoms with Gasteiger partial charge in [0.05, 0.1) is 6.61 Å². The molecule has 35 heavy (non-hydrogen) atoms. The van der Waals surface area contributed by atoms with E-state index in [1.54, 1.807) is 45.0 Å². The third-order valence-electron chi connectivity index (χ3n) is 4.22. The van der Waals surface area contributed by atoms with E-state index in [0.717, 1.165) is 18.4 Å². The summed E-state index contributed by atoms with van der Waals surface area (Å²) in [4.78, 5) is 50.2. The first kappa shape index (κ1) is 29.4. The van der Waals surface area contributed by atoms with Gasteiger partial charge >= 0.3 is 18.2 Å². The maximum atomic E-state index is 12.1. The molecule has 0 aliphatic rings. The van der Waals surface area contributed by atoms with E-state index in [2.05, 4.69) is 15.6 Å². The van der Waals surface area contributed by atoms with Gasteiger partial charge in [0, 0.05) is 13.1 Å². The molecule has 194 valence electrons. The predicted molar refractivity (Wildman–Crippen MR) is 127 cm³/mol. The molecular weight excluding hydrogens is 460 g/mol. The SMILES string of the molecule is CC(C)(C)OC(=O)NC(=NCCCCCCNC(=O)C(OCc1ccccc1)C(=O)O)NC(=O)O. The molecule has 1 rings (SSSR count). The Balaban J connectivity index is 2.32. The monoisotopic (exact) mass is 494 g/mol. The summed E-state index contributed by atoms with van der Waals surface area (Å²) in [6.07, 6.45) is -1.14. The van der Waals surface area contributed by atoms with Gasteiger partial charge in [-0.25, -0.2) is 14.4 Å². The van der Waals surface area contributed by atoms with Crippen molar-refractivity contribution in [3.63, 3.8) is 0 Å². The van der Waals surface area contributed by atoms with E-state index in [1.807, 2.05) is 11.4 Å². The lowest BCUT2D eigenvalue weighted by Gasteiger charge is -2.20. The Labute approximate surface area is 204 Å². The minimum absolute atomic E-state index is 0.00720. The molecule has 1 aromatic carbocycles. The molecule has 3 amide bonds. The van der Waals surface area contributed by atoms with E-state index in [0.29, 0.717) is 12.8 Å². The standard InChI is InChI=1S/C23H34N4O8/c1-23(2,3)35-22(33)27-20(26-21(31)32)25-14-10-5-4-9-13-24-18(28)17(19(29)30)34-15-16-11-7-6-8-12-16/h6-8,11-12,17H,4-5,9-10,13-15H2,1-3H3,(H,24,28)(H,29,30)(H,31,32)(H2,25,26,27,33). The molecule has 0 bridgehead atoms. The fourth-order valence-electron chi connectivity index (χ4n) is 2.71. The summed E-state index contributed by atoms with van der Waals surface area (Å²) in [7, 11) is 0. The van der Waals surface area contributed by atoms with Crippen LogP contribution in [0.15, 0.2) is 35.3 Å². The van der Waals surface area contributed by atoms with Crippen molar-refractivity contribution in [3.8, 4) is 0 Å². The topological polar surface area (TPSA) is 176 Å². The molecule has 0 saturated carbocycles. The Morgan fingerprint density at radius 3 is 2.23 bits per heavy atom. The molecule has 0 spiro atoms. The number of carboxylic acid groups (broad SMARTS) is 2. The maximum Gasteiger partial charge on any atom is 0.414 e. The molecular formula is C23H34N4O8. The zero-order valence-electron chi connectivity index (χ0n) is 20.2. The van der Waals surface area contributed by atoms with Gasteiger partial charge in [0.25, 0.3) is 5.91 Å². The van der Waals surface area contributed by atoms with Crippen LogP contribution in [0.4, 0.5) is 9.59 Å². The van der Waals surface area contributed by atoms with Crippen molar-refractivity contribution in [3.05, 3.63) is 35.9 Å². The number of guanidine groups is 1. The highest BCUT2D eigenvalue weighted by Crippen LogP contribution is 2.07. The van der Waals surface area contributed by atoms with Gasteiger partial charge in [-0.05, 0) is 39.2 Å². The number of amides is 3. The number of alkyl carbamates (subject to hydrolysis) is 1. The fraction of sp³-hybridized carbons (Fsp3) is 0.522. The number of benzene rings is 1. The number of aliphatic imine (C=N–C) groups is 1. The Hall–Kier alpha value is -3.67. The van der Waals surface area contributed by atoms with Gasteiger partial charge in [0.2, 0.25) is 12.1 Å². The van der Waals surface area contributed by atoms with E-state index in [4.69, 9.17) is 14.6 Å². The molecule has 1 aromatic rings. The van der Waals surface area contributed by atoms with Crippen molar-refractivity contribution in [2.24, 2.45) is 4.99 Å². The van der Waals surface area contributed by atoms with Crippen LogP contribution in [0.3, 0.4) is 0 Å². The molecule has 0 fully saturated rings. The fourth-order valence-corrected chi connectivity index (χ4v) is 2.71. The van der Waals surface area contributed by atoms with Crippen LogP contribution in [0.2, 0.25) is 0 Å². The quantitative estimate of drug-likeness (QED) is 0.127. The number of ether oxygens (including phenoxy) is 2. The van der Waals surface area contributed by atoms with Crippen LogP contribution in [0.25, 0.3) is 0 Å². The smallest absolute Gasteiger partial charge is 0.414 e. The van der Waals surface area contributed by atoms with E-state index >= 15 is 0 Å². The van der Waals surface area contributed by atoms with Crippen LogP contribution >= 0.6 is 0 Å². The highest BCUT2D eigenvalue weighted by atomic mass is 16.6. The third kappa shape index (κ3) is 14.3. The number of carbonyl (C=O) groups is 4. The number of hydrogen-bond donors (Lipinski definition) is 5. The zero-order valence-corrected chi connectivity index (χ0v) is 20.2. The molecule has 0 saturated heterocycles. The Bertz CT molecular complexity index is 868. The molecule has 12 nitrogen and oxygen atoms in total. The highest BCUT2D eigenvalue weighted by molar-refractivity contribution is 6.01. The third-order valence-corrected chi connectivity index (χ3v) is 4.22. The first-order chi connectivity index (χ1) is 16.5. The summed E-state index contributed by atoms with van der Waals surface area (Å²) in [5.41, 5.74) is 0.0176. The van der Waals surface area contributed by atoms with Gasteiger partial charge in [-0.2, -0.15) is 0 Å². The van der Waals surface area contributed by atoms with Crippen LogP contribution in [-0.2, 0) is 25.7 Å². The van der Waals surface area contributed by atoms with Crippen molar-refractivity contribution in [2.45, 2.75) is 64.8 Å². The number of carbonyl (C=O) groups excluding carboxylic acids is 2. The summed E-state index contributed by atoms with van der Waals surface area (Å²) < 4.78 is 10.3. The summed E-state index contributed by atoms with van der Waals surface area (Å²) >= 11 is 0. The summed E-state index contributed by atoms with van der Waals surface area (Å²) in [6, 6.07) is 8.95. The van der Waals surface area contributed by atoms with Gasteiger partial charge in [0.1, 0.15) is 5.60 Å². The lowest BCUT2D eigenvalue weighted by Crippen LogP contribution is -2.45. The first-order valence-electron chi connectivity index (χ1n) is 11.2. The number of nitrogens with zero attached hydrogens (tertiary/aromatic N) is 1. The van der Waals surface area contributed by atoms with Crippen LogP contribution < -0.4 is 16.0 Å². The molecule has 12 heteroatoms. The van der Waals surface area contributed by atoms with Crippen molar-refractivity contribution in [1.82, 2.24) is 16.0 Å². The number of rotatable bonds is 12. The van der Waals surface area contributed by atoms with Gasteiger partial charge in [0.15, 0.2) is 0 Å². The Morgan fingerprint density at radius 2 is 1.63 bits per heavy atom. The second-order valence-corrected chi connectivity index (χ2v) is 8.51. The largest absolute Gasteiger partial charge is 0.479 e. The molecule has 0 radical (unpaired) electrons. The number of aliphatic carboxylic acids is 1. The van der Waals surface area contributed by atoms with Crippen molar-refractivity contribution < 1.29 is 38.9 Å². The van der Waals surface area contributed by atoms with Gasteiger partial charge in [-0.1, -0.05) is 43.2 Å².